The summed E-state index contributed by atoms with van der Waals surface area (Å²) in [5, 5.41) is 0. The molecule has 0 aliphatic heterocycles. The van der Waals surface area contributed by atoms with Crippen LogP contribution in [0.1, 0.15) is 27.2 Å². The average Bonchev–Trinajstić information content (AvgIpc) is 1.87. The minimum absolute atomic E-state index is 1.11. The quantitative estimate of drug-likeness (QED) is 0.503. The molecule has 1 nitrogen and oxygen atoms in total. The summed E-state index contributed by atoms with van der Waals surface area (Å²) >= 11 is 0. The summed E-state index contributed by atoms with van der Waals surface area (Å²) in [5.41, 5.74) is 2.49. The zero-order valence-corrected chi connectivity index (χ0v) is 6.73. The molecule has 0 aromatic heterocycles. The molecule has 0 unspecified atom stereocenters. The highest BCUT2D eigenvalue weighted by Gasteiger charge is 1.83. The smallest absolute Gasteiger partial charge is 0.0313 e. The van der Waals surface area contributed by atoms with Gasteiger partial charge in [-0.15, -0.1) is 0 Å². The zero-order chi connectivity index (χ0) is 7.28. The summed E-state index contributed by atoms with van der Waals surface area (Å²) in [6.45, 7) is 6.28. The minimum Gasteiger partial charge on any atom is -0.293 e. The molecule has 52 valence electrons. The number of hydrogen-bond acceptors (Lipinski definition) is 1. The van der Waals surface area contributed by atoms with Gasteiger partial charge in [0.25, 0.3) is 0 Å². The maximum Gasteiger partial charge on any atom is 0.0313 e. The summed E-state index contributed by atoms with van der Waals surface area (Å²) in [6.07, 6.45) is 3.23. The van der Waals surface area contributed by atoms with E-state index >= 15 is 0 Å². The maximum atomic E-state index is 4.02. The monoisotopic (exact) mass is 125 g/mol. The molecular formula is C8H15N. The largest absolute Gasteiger partial charge is 0.293 e. The van der Waals surface area contributed by atoms with Crippen LogP contribution in [0.5, 0.6) is 0 Å². The van der Waals surface area contributed by atoms with Gasteiger partial charge in [0.15, 0.2) is 0 Å². The van der Waals surface area contributed by atoms with Gasteiger partial charge in [0.1, 0.15) is 0 Å². The van der Waals surface area contributed by atoms with E-state index < -0.39 is 0 Å². The van der Waals surface area contributed by atoms with Crippen molar-refractivity contribution in [2.45, 2.75) is 27.2 Å². The SMILES string of the molecule is CC/C(C)=C/C(C)=NC. The van der Waals surface area contributed by atoms with Gasteiger partial charge in [-0.2, -0.15) is 0 Å². The molecule has 0 radical (unpaired) electrons. The van der Waals surface area contributed by atoms with Crippen LogP contribution in [0.3, 0.4) is 0 Å². The highest BCUT2D eigenvalue weighted by atomic mass is 14.7. The Morgan fingerprint density at radius 3 is 2.33 bits per heavy atom. The van der Waals surface area contributed by atoms with E-state index in [4.69, 9.17) is 0 Å². The van der Waals surface area contributed by atoms with Crippen LogP contribution in [-0.2, 0) is 0 Å². The van der Waals surface area contributed by atoms with Gasteiger partial charge in [-0.25, -0.2) is 0 Å². The van der Waals surface area contributed by atoms with Gasteiger partial charge in [-0.1, -0.05) is 12.5 Å². The van der Waals surface area contributed by atoms with Crippen LogP contribution in [0, 0.1) is 0 Å². The van der Waals surface area contributed by atoms with E-state index in [9.17, 15) is 0 Å². The number of allylic oxidation sites excluding steroid dienone is 2. The highest BCUT2D eigenvalue weighted by Crippen LogP contribution is 1.97. The predicted molar refractivity (Wildman–Crippen MR) is 43.1 cm³/mol. The van der Waals surface area contributed by atoms with Gasteiger partial charge in [0, 0.05) is 12.8 Å². The number of nitrogens with zero attached hydrogens (tertiary/aromatic N) is 1. The molecule has 0 aliphatic carbocycles. The van der Waals surface area contributed by atoms with Crippen LogP contribution in [-0.4, -0.2) is 12.8 Å². The molecule has 0 atom stereocenters. The lowest BCUT2D eigenvalue weighted by Gasteiger charge is -1.92. The van der Waals surface area contributed by atoms with Crippen LogP contribution >= 0.6 is 0 Å². The molecule has 0 rings (SSSR count). The van der Waals surface area contributed by atoms with E-state index in [0.717, 1.165) is 12.1 Å². The molecule has 0 aliphatic rings. The molecule has 0 aromatic carbocycles. The minimum atomic E-state index is 1.11. The third-order valence-electron chi connectivity index (χ3n) is 1.37. The van der Waals surface area contributed by atoms with Crippen LogP contribution in [0.25, 0.3) is 0 Å². The Morgan fingerprint density at radius 2 is 2.00 bits per heavy atom. The van der Waals surface area contributed by atoms with Gasteiger partial charge in [0.05, 0.1) is 0 Å². The van der Waals surface area contributed by atoms with Crippen molar-refractivity contribution < 1.29 is 0 Å². The maximum absolute atomic E-state index is 4.02. The normalized spacial score (nSPS) is 14.2. The molecule has 0 bridgehead atoms. The Morgan fingerprint density at radius 1 is 1.44 bits per heavy atom. The van der Waals surface area contributed by atoms with E-state index in [2.05, 4.69) is 24.9 Å². The summed E-state index contributed by atoms with van der Waals surface area (Å²) in [5.74, 6) is 0. The summed E-state index contributed by atoms with van der Waals surface area (Å²) in [4.78, 5) is 4.02. The van der Waals surface area contributed by atoms with E-state index in [1.165, 1.54) is 5.57 Å². The van der Waals surface area contributed by atoms with Crippen LogP contribution in [0.4, 0.5) is 0 Å². The average molecular weight is 125 g/mol. The Hall–Kier alpha value is -0.590. The fourth-order valence-corrected chi connectivity index (χ4v) is 0.523. The van der Waals surface area contributed by atoms with Crippen molar-refractivity contribution in [1.82, 2.24) is 0 Å². The lowest BCUT2D eigenvalue weighted by Crippen LogP contribution is -1.85. The fraction of sp³-hybridized carbons (Fsp3) is 0.625. The summed E-state index contributed by atoms with van der Waals surface area (Å²) in [6, 6.07) is 0. The number of rotatable bonds is 2. The van der Waals surface area contributed by atoms with Crippen molar-refractivity contribution in [2.75, 3.05) is 7.05 Å². The molecular weight excluding hydrogens is 110 g/mol. The second kappa shape index (κ2) is 4.30. The molecule has 0 spiro atoms. The molecule has 0 aromatic rings. The molecule has 0 fully saturated rings. The van der Waals surface area contributed by atoms with Crippen molar-refractivity contribution in [2.24, 2.45) is 4.99 Å². The van der Waals surface area contributed by atoms with Gasteiger partial charge < -0.3 is 0 Å². The van der Waals surface area contributed by atoms with Crippen LogP contribution < -0.4 is 0 Å². The van der Waals surface area contributed by atoms with E-state index in [0.29, 0.717) is 0 Å². The van der Waals surface area contributed by atoms with E-state index in [-0.39, 0.29) is 0 Å². The first-order valence-electron chi connectivity index (χ1n) is 3.31. The first kappa shape index (κ1) is 8.41. The molecule has 0 saturated heterocycles. The van der Waals surface area contributed by atoms with Crippen molar-refractivity contribution in [3.05, 3.63) is 11.6 Å². The first-order chi connectivity index (χ1) is 4.20. The third-order valence-corrected chi connectivity index (χ3v) is 1.37. The molecule has 9 heavy (non-hydrogen) atoms. The van der Waals surface area contributed by atoms with Crippen molar-refractivity contribution in [3.8, 4) is 0 Å². The van der Waals surface area contributed by atoms with Gasteiger partial charge in [-0.05, 0) is 26.3 Å². The highest BCUT2D eigenvalue weighted by molar-refractivity contribution is 5.93. The zero-order valence-electron chi connectivity index (χ0n) is 6.73. The van der Waals surface area contributed by atoms with Crippen molar-refractivity contribution in [1.29, 1.82) is 0 Å². The summed E-state index contributed by atoms with van der Waals surface area (Å²) in [7, 11) is 1.81. The number of aliphatic imine (C=N–C) groups is 1. The summed E-state index contributed by atoms with van der Waals surface area (Å²) < 4.78 is 0. The van der Waals surface area contributed by atoms with Gasteiger partial charge in [0.2, 0.25) is 0 Å². The topological polar surface area (TPSA) is 12.4 Å². The van der Waals surface area contributed by atoms with Crippen LogP contribution in [0.2, 0.25) is 0 Å². The third kappa shape index (κ3) is 3.95. The lowest BCUT2D eigenvalue weighted by molar-refractivity contribution is 1.10. The Kier molecular flexibility index (Phi) is 4.02. The molecule has 0 heterocycles. The standard InChI is InChI=1S/C8H15N/c1-5-7(2)6-8(3)9-4/h6H,5H2,1-4H3/b7-6+,9-8?. The fourth-order valence-electron chi connectivity index (χ4n) is 0.523. The molecule has 1 heteroatoms. The predicted octanol–water partition coefficient (Wildman–Crippen LogP) is 2.43. The van der Waals surface area contributed by atoms with Gasteiger partial charge in [-0.3, -0.25) is 4.99 Å². The first-order valence-corrected chi connectivity index (χ1v) is 3.31. The molecule has 0 amide bonds. The lowest BCUT2D eigenvalue weighted by atomic mass is 10.2. The van der Waals surface area contributed by atoms with E-state index in [1.807, 2.05) is 14.0 Å². The van der Waals surface area contributed by atoms with Gasteiger partial charge >= 0.3 is 0 Å². The molecule has 0 saturated carbocycles. The second-order valence-electron chi connectivity index (χ2n) is 2.21. The van der Waals surface area contributed by atoms with Crippen molar-refractivity contribution in [3.63, 3.8) is 0 Å². The van der Waals surface area contributed by atoms with Crippen LogP contribution in [0.15, 0.2) is 16.6 Å². The Balaban J connectivity index is 3.95. The second-order valence-corrected chi connectivity index (χ2v) is 2.21. The van der Waals surface area contributed by atoms with E-state index in [1.54, 1.807) is 0 Å². The number of hydrogen-bond donors (Lipinski definition) is 0. The Bertz CT molecular complexity index is 132. The molecule has 0 N–H and O–H groups in total. The van der Waals surface area contributed by atoms with Crippen molar-refractivity contribution >= 4 is 5.71 Å². The Labute approximate surface area is 57.5 Å².